The summed E-state index contributed by atoms with van der Waals surface area (Å²) in [5.41, 5.74) is 0.633. The number of thiophene rings is 1. The maximum atomic E-state index is 13.0. The zero-order chi connectivity index (χ0) is 16.4. The fraction of sp³-hybridized carbons (Fsp3) is 0.176. The smallest absolute Gasteiger partial charge is 0.266 e. The van der Waals surface area contributed by atoms with E-state index in [0.29, 0.717) is 22.3 Å². The molecule has 1 fully saturated rings. The standard InChI is InChI=1S/C17H15FN2OS2/c1-3-20-16(21)15(10-14-9-4-11(2)22-14)23-17(20)19-13-7-5-12(18)6-8-13/h4-10H,3H2,1-2H3/b15-10+,19-17?. The number of nitrogens with zero attached hydrogens (tertiary/aromatic N) is 2. The third-order valence-electron chi connectivity index (χ3n) is 3.29. The first kappa shape index (κ1) is 16.0. The normalized spacial score (nSPS) is 18.4. The lowest BCUT2D eigenvalue weighted by Gasteiger charge is -2.11. The van der Waals surface area contributed by atoms with Crippen LogP contribution in [0, 0.1) is 12.7 Å². The predicted molar refractivity (Wildman–Crippen MR) is 95.5 cm³/mol. The summed E-state index contributed by atoms with van der Waals surface area (Å²) in [6.45, 7) is 4.50. The number of halogens is 1. The van der Waals surface area contributed by atoms with Gasteiger partial charge >= 0.3 is 0 Å². The third-order valence-corrected chi connectivity index (χ3v) is 5.24. The number of thioether (sulfide) groups is 1. The van der Waals surface area contributed by atoms with Gasteiger partial charge in [-0.2, -0.15) is 0 Å². The first-order valence-electron chi connectivity index (χ1n) is 7.19. The first-order valence-corrected chi connectivity index (χ1v) is 8.82. The Morgan fingerprint density at radius 1 is 1.22 bits per heavy atom. The van der Waals surface area contributed by atoms with Crippen molar-refractivity contribution in [3.05, 3.63) is 56.9 Å². The van der Waals surface area contributed by atoms with E-state index in [9.17, 15) is 9.18 Å². The summed E-state index contributed by atoms with van der Waals surface area (Å²) < 4.78 is 13.0. The highest BCUT2D eigenvalue weighted by Gasteiger charge is 2.32. The second-order valence-corrected chi connectivity index (χ2v) is 7.31. The van der Waals surface area contributed by atoms with E-state index in [4.69, 9.17) is 0 Å². The van der Waals surface area contributed by atoms with Crippen molar-refractivity contribution in [2.24, 2.45) is 4.99 Å². The minimum absolute atomic E-state index is 0.0376. The minimum Gasteiger partial charge on any atom is -0.287 e. The van der Waals surface area contributed by atoms with Crippen molar-refractivity contribution in [3.63, 3.8) is 0 Å². The summed E-state index contributed by atoms with van der Waals surface area (Å²) in [6, 6.07) is 9.97. The summed E-state index contributed by atoms with van der Waals surface area (Å²) in [7, 11) is 0. The van der Waals surface area contributed by atoms with Crippen LogP contribution in [0.3, 0.4) is 0 Å². The van der Waals surface area contributed by atoms with Crippen molar-refractivity contribution in [1.82, 2.24) is 4.90 Å². The molecule has 6 heteroatoms. The highest BCUT2D eigenvalue weighted by molar-refractivity contribution is 8.18. The molecule has 0 N–H and O–H groups in total. The van der Waals surface area contributed by atoms with E-state index in [-0.39, 0.29) is 11.7 Å². The molecule has 0 spiro atoms. The molecule has 1 aliphatic rings. The lowest BCUT2D eigenvalue weighted by molar-refractivity contribution is -0.122. The van der Waals surface area contributed by atoms with Gasteiger partial charge in [0.1, 0.15) is 5.82 Å². The van der Waals surface area contributed by atoms with Gasteiger partial charge < -0.3 is 0 Å². The van der Waals surface area contributed by atoms with Gasteiger partial charge in [0.05, 0.1) is 10.6 Å². The molecule has 1 amide bonds. The maximum absolute atomic E-state index is 13.0. The van der Waals surface area contributed by atoms with Crippen molar-refractivity contribution in [2.75, 3.05) is 6.54 Å². The highest BCUT2D eigenvalue weighted by Crippen LogP contribution is 2.34. The van der Waals surface area contributed by atoms with Gasteiger partial charge in [0.25, 0.3) is 5.91 Å². The third kappa shape index (κ3) is 3.54. The van der Waals surface area contributed by atoms with Crippen molar-refractivity contribution in [3.8, 4) is 0 Å². The molecule has 0 radical (unpaired) electrons. The van der Waals surface area contributed by atoms with Gasteiger partial charge in [-0.1, -0.05) is 0 Å². The van der Waals surface area contributed by atoms with Gasteiger partial charge in [-0.25, -0.2) is 9.38 Å². The van der Waals surface area contributed by atoms with Crippen LogP contribution in [0.5, 0.6) is 0 Å². The average Bonchev–Trinajstić information content (AvgIpc) is 3.06. The average molecular weight is 346 g/mol. The topological polar surface area (TPSA) is 32.7 Å². The molecule has 1 aliphatic heterocycles. The molecule has 0 unspecified atom stereocenters. The number of hydrogen-bond acceptors (Lipinski definition) is 4. The molecule has 1 saturated heterocycles. The van der Waals surface area contributed by atoms with Gasteiger partial charge in [0.15, 0.2) is 5.17 Å². The van der Waals surface area contributed by atoms with E-state index in [1.807, 2.05) is 32.1 Å². The molecule has 1 aromatic carbocycles. The summed E-state index contributed by atoms with van der Waals surface area (Å²) in [5, 5.41) is 0.628. The Hall–Kier alpha value is -1.92. The van der Waals surface area contributed by atoms with Crippen LogP contribution < -0.4 is 0 Å². The largest absolute Gasteiger partial charge is 0.287 e. The number of carbonyl (C=O) groups is 1. The zero-order valence-corrected chi connectivity index (χ0v) is 14.4. The molecule has 0 saturated carbocycles. The fourth-order valence-electron chi connectivity index (χ4n) is 2.16. The van der Waals surface area contributed by atoms with Gasteiger partial charge in [0.2, 0.25) is 0 Å². The molecule has 2 aromatic rings. The number of benzene rings is 1. The van der Waals surface area contributed by atoms with Gasteiger partial charge in [0, 0.05) is 16.3 Å². The number of aryl methyl sites for hydroxylation is 1. The summed E-state index contributed by atoms with van der Waals surface area (Å²) in [4.78, 5) is 21.5. The van der Waals surface area contributed by atoms with E-state index < -0.39 is 0 Å². The molecule has 3 nitrogen and oxygen atoms in total. The number of amides is 1. The van der Waals surface area contributed by atoms with Gasteiger partial charge in [-0.15, -0.1) is 11.3 Å². The van der Waals surface area contributed by atoms with E-state index in [1.54, 1.807) is 28.4 Å². The molecular formula is C17H15FN2OS2. The highest BCUT2D eigenvalue weighted by atomic mass is 32.2. The number of carbonyl (C=O) groups excluding carboxylic acids is 1. The first-order chi connectivity index (χ1) is 11.1. The Morgan fingerprint density at radius 3 is 2.57 bits per heavy atom. The van der Waals surface area contributed by atoms with Crippen molar-refractivity contribution in [2.45, 2.75) is 13.8 Å². The van der Waals surface area contributed by atoms with Crippen LogP contribution in [-0.4, -0.2) is 22.5 Å². The van der Waals surface area contributed by atoms with E-state index >= 15 is 0 Å². The van der Waals surface area contributed by atoms with E-state index in [1.165, 1.54) is 28.8 Å². The Labute approximate surface area is 142 Å². The Bertz CT molecular complexity index is 793. The zero-order valence-electron chi connectivity index (χ0n) is 12.7. The summed E-state index contributed by atoms with van der Waals surface area (Å²) >= 11 is 3.01. The van der Waals surface area contributed by atoms with E-state index in [2.05, 4.69) is 4.99 Å². The molecule has 118 valence electrons. The van der Waals surface area contributed by atoms with Gasteiger partial charge in [-0.3, -0.25) is 9.69 Å². The fourth-order valence-corrected chi connectivity index (χ4v) is 4.11. The van der Waals surface area contributed by atoms with Crippen LogP contribution >= 0.6 is 23.1 Å². The summed E-state index contributed by atoms with van der Waals surface area (Å²) in [5.74, 6) is -0.338. The second kappa shape index (κ2) is 6.68. The van der Waals surface area contributed by atoms with Crippen LogP contribution in [0.25, 0.3) is 6.08 Å². The Morgan fingerprint density at radius 2 is 1.96 bits per heavy atom. The van der Waals surface area contributed by atoms with Crippen LogP contribution in [0.2, 0.25) is 0 Å². The molecule has 0 atom stereocenters. The van der Waals surface area contributed by atoms with Crippen molar-refractivity contribution in [1.29, 1.82) is 0 Å². The van der Waals surface area contributed by atoms with Crippen LogP contribution in [0.1, 0.15) is 16.7 Å². The van der Waals surface area contributed by atoms with Gasteiger partial charge in [-0.05, 0) is 68.1 Å². The lowest BCUT2D eigenvalue weighted by Crippen LogP contribution is -2.28. The quantitative estimate of drug-likeness (QED) is 0.747. The van der Waals surface area contributed by atoms with Crippen LogP contribution in [0.4, 0.5) is 10.1 Å². The van der Waals surface area contributed by atoms with Crippen LogP contribution in [-0.2, 0) is 4.79 Å². The minimum atomic E-state index is -0.301. The molecule has 1 aromatic heterocycles. The predicted octanol–water partition coefficient (Wildman–Crippen LogP) is 4.82. The summed E-state index contributed by atoms with van der Waals surface area (Å²) in [6.07, 6.45) is 1.90. The molecule has 0 aliphatic carbocycles. The second-order valence-electron chi connectivity index (χ2n) is 4.98. The lowest BCUT2D eigenvalue weighted by atomic mass is 10.3. The number of amidine groups is 1. The SMILES string of the molecule is CCN1C(=O)/C(=C\c2ccc(C)s2)SC1=Nc1ccc(F)cc1. The van der Waals surface area contributed by atoms with E-state index in [0.717, 1.165) is 4.88 Å². The number of hydrogen-bond donors (Lipinski definition) is 0. The maximum Gasteiger partial charge on any atom is 0.266 e. The Kier molecular flexibility index (Phi) is 4.63. The number of rotatable bonds is 3. The van der Waals surface area contributed by atoms with Crippen LogP contribution in [0.15, 0.2) is 46.3 Å². The Balaban J connectivity index is 1.91. The molecular weight excluding hydrogens is 331 g/mol. The molecule has 2 heterocycles. The van der Waals surface area contributed by atoms with Crippen molar-refractivity contribution >= 4 is 45.9 Å². The molecule has 23 heavy (non-hydrogen) atoms. The molecule has 3 rings (SSSR count). The number of aliphatic imine (C=N–C) groups is 1. The number of likely N-dealkylation sites (N-methyl/N-ethyl adjacent to an activating group) is 1. The molecule has 0 bridgehead atoms. The monoisotopic (exact) mass is 346 g/mol. The van der Waals surface area contributed by atoms with Crippen molar-refractivity contribution < 1.29 is 9.18 Å².